The van der Waals surface area contributed by atoms with Crippen LogP contribution in [0.5, 0.6) is 5.75 Å². The van der Waals surface area contributed by atoms with Crippen molar-refractivity contribution >= 4 is 17.6 Å². The molecule has 1 rings (SSSR count). The Morgan fingerprint density at radius 3 is 2.60 bits per heavy atom. The van der Waals surface area contributed by atoms with Crippen molar-refractivity contribution in [1.29, 1.82) is 0 Å². The Bertz CT molecular complexity index is 502. The number of methoxy groups -OCH3 is 1. The Hall–Kier alpha value is -2.24. The van der Waals surface area contributed by atoms with Gasteiger partial charge in [-0.2, -0.15) is 0 Å². The van der Waals surface area contributed by atoms with E-state index in [0.29, 0.717) is 23.4 Å². The highest BCUT2D eigenvalue weighted by Gasteiger charge is 2.25. The van der Waals surface area contributed by atoms with E-state index >= 15 is 0 Å². The number of nitrogens with two attached hydrogens (primary N) is 1. The van der Waals surface area contributed by atoms with Crippen LogP contribution in [0.4, 0.5) is 5.69 Å². The highest BCUT2D eigenvalue weighted by Crippen LogP contribution is 2.24. The summed E-state index contributed by atoms with van der Waals surface area (Å²) >= 11 is 0. The predicted octanol–water partition coefficient (Wildman–Crippen LogP) is 1.60. The molecule has 20 heavy (non-hydrogen) atoms. The smallest absolute Gasteiger partial charge is 0.323 e. The van der Waals surface area contributed by atoms with Gasteiger partial charge < -0.3 is 20.5 Å². The van der Waals surface area contributed by atoms with E-state index in [4.69, 9.17) is 15.6 Å². The van der Waals surface area contributed by atoms with Crippen molar-refractivity contribution < 1.29 is 19.4 Å². The van der Waals surface area contributed by atoms with Crippen LogP contribution < -0.4 is 10.5 Å². The van der Waals surface area contributed by atoms with Crippen molar-refractivity contribution in [2.45, 2.75) is 26.3 Å². The molecule has 0 aliphatic rings. The maximum atomic E-state index is 12.5. The van der Waals surface area contributed by atoms with E-state index in [0.717, 1.165) is 0 Å². The average molecular weight is 280 g/mol. The number of nitrogens with zero attached hydrogens (tertiary/aromatic N) is 1. The number of carbonyl (C=O) groups excluding carboxylic acids is 1. The molecule has 1 atom stereocenters. The summed E-state index contributed by atoms with van der Waals surface area (Å²) in [5.41, 5.74) is 6.43. The molecule has 0 aromatic heterocycles. The lowest BCUT2D eigenvalue weighted by molar-refractivity contribution is -0.138. The summed E-state index contributed by atoms with van der Waals surface area (Å²) in [6.07, 6.45) is 0.663. The molecule has 6 heteroatoms. The number of amides is 1. The average Bonchev–Trinajstić information content (AvgIpc) is 2.42. The van der Waals surface area contributed by atoms with E-state index in [1.165, 1.54) is 12.0 Å². The molecule has 1 aromatic rings. The van der Waals surface area contributed by atoms with Crippen LogP contribution in [0, 0.1) is 0 Å². The normalized spacial score (nSPS) is 11.8. The maximum absolute atomic E-state index is 12.5. The zero-order valence-electron chi connectivity index (χ0n) is 11.9. The van der Waals surface area contributed by atoms with Crippen LogP contribution in [-0.4, -0.2) is 41.6 Å². The first-order chi connectivity index (χ1) is 9.40. The molecule has 0 bridgehead atoms. The van der Waals surface area contributed by atoms with Gasteiger partial charge in [-0.15, -0.1) is 0 Å². The van der Waals surface area contributed by atoms with Crippen molar-refractivity contribution in [1.82, 2.24) is 4.90 Å². The third-order valence-electron chi connectivity index (χ3n) is 3.15. The number of hydrogen-bond acceptors (Lipinski definition) is 4. The van der Waals surface area contributed by atoms with E-state index in [1.54, 1.807) is 18.2 Å². The minimum atomic E-state index is -1.05. The van der Waals surface area contributed by atoms with Gasteiger partial charge in [-0.1, -0.05) is 6.92 Å². The second kappa shape index (κ2) is 6.79. The van der Waals surface area contributed by atoms with Crippen molar-refractivity contribution in [3.8, 4) is 5.75 Å². The maximum Gasteiger partial charge on any atom is 0.323 e. The summed E-state index contributed by atoms with van der Waals surface area (Å²) in [7, 11) is 1.44. The van der Waals surface area contributed by atoms with Crippen LogP contribution in [0.1, 0.15) is 30.6 Å². The molecule has 1 aromatic carbocycles. The number of nitrogen functional groups attached to an aromatic ring is 1. The van der Waals surface area contributed by atoms with Gasteiger partial charge in [0.2, 0.25) is 0 Å². The van der Waals surface area contributed by atoms with Crippen LogP contribution >= 0.6 is 0 Å². The van der Waals surface area contributed by atoms with E-state index in [9.17, 15) is 9.59 Å². The monoisotopic (exact) mass is 280 g/mol. The van der Waals surface area contributed by atoms with Gasteiger partial charge in [-0.05, 0) is 25.5 Å². The first kappa shape index (κ1) is 15.8. The number of rotatable bonds is 6. The van der Waals surface area contributed by atoms with E-state index in [1.807, 2.05) is 13.8 Å². The van der Waals surface area contributed by atoms with Crippen LogP contribution in [0.3, 0.4) is 0 Å². The number of hydrogen-bond donors (Lipinski definition) is 2. The number of carboxylic acid groups (broad SMARTS) is 1. The van der Waals surface area contributed by atoms with E-state index < -0.39 is 5.97 Å². The summed E-state index contributed by atoms with van der Waals surface area (Å²) in [4.78, 5) is 24.8. The standard InChI is InChI=1S/C14H20N2O4/c1-4-9(2)16(8-13(17)18)14(19)11-6-5-10(15)7-12(11)20-3/h5-7,9H,4,8,15H2,1-3H3,(H,17,18). The molecule has 0 aliphatic carbocycles. The fraction of sp³-hybridized carbons (Fsp3) is 0.429. The zero-order chi connectivity index (χ0) is 15.3. The molecule has 6 nitrogen and oxygen atoms in total. The van der Waals surface area contributed by atoms with Gasteiger partial charge >= 0.3 is 5.97 Å². The molecule has 0 fully saturated rings. The number of benzene rings is 1. The Morgan fingerprint density at radius 1 is 1.45 bits per heavy atom. The molecule has 0 saturated heterocycles. The molecular formula is C14H20N2O4. The summed E-state index contributed by atoms with van der Waals surface area (Å²) < 4.78 is 5.14. The molecule has 0 spiro atoms. The number of carboxylic acids is 1. The lowest BCUT2D eigenvalue weighted by atomic mass is 10.1. The number of anilines is 1. The second-order valence-corrected chi connectivity index (χ2v) is 4.54. The van der Waals surface area contributed by atoms with Crippen molar-refractivity contribution in [2.75, 3.05) is 19.4 Å². The summed E-state index contributed by atoms with van der Waals surface area (Å²) in [6.45, 7) is 3.36. The molecule has 0 aliphatic heterocycles. The molecule has 110 valence electrons. The van der Waals surface area contributed by atoms with Gasteiger partial charge in [0.15, 0.2) is 0 Å². The second-order valence-electron chi connectivity index (χ2n) is 4.54. The van der Waals surface area contributed by atoms with Crippen molar-refractivity contribution in [2.24, 2.45) is 0 Å². The molecule has 3 N–H and O–H groups in total. The van der Waals surface area contributed by atoms with Gasteiger partial charge in [0.25, 0.3) is 5.91 Å². The van der Waals surface area contributed by atoms with Crippen LogP contribution in [0.25, 0.3) is 0 Å². The van der Waals surface area contributed by atoms with Gasteiger partial charge in [-0.25, -0.2) is 0 Å². The summed E-state index contributed by atoms with van der Waals surface area (Å²) in [5.74, 6) is -1.08. The first-order valence-electron chi connectivity index (χ1n) is 6.37. The van der Waals surface area contributed by atoms with Crippen molar-refractivity contribution in [3.63, 3.8) is 0 Å². The molecule has 1 amide bonds. The minimum absolute atomic E-state index is 0.180. The Balaban J connectivity index is 3.14. The number of carbonyl (C=O) groups is 2. The Kier molecular flexibility index (Phi) is 5.37. The van der Waals surface area contributed by atoms with Gasteiger partial charge in [-0.3, -0.25) is 9.59 Å². The number of aliphatic carboxylic acids is 1. The number of ether oxygens (including phenoxy) is 1. The largest absolute Gasteiger partial charge is 0.496 e. The van der Waals surface area contributed by atoms with Crippen molar-refractivity contribution in [3.05, 3.63) is 23.8 Å². The molecular weight excluding hydrogens is 260 g/mol. The molecule has 0 heterocycles. The molecule has 0 saturated carbocycles. The Morgan fingerprint density at radius 2 is 2.10 bits per heavy atom. The Labute approximate surface area is 118 Å². The highest BCUT2D eigenvalue weighted by atomic mass is 16.5. The zero-order valence-corrected chi connectivity index (χ0v) is 11.9. The quantitative estimate of drug-likeness (QED) is 0.772. The van der Waals surface area contributed by atoms with Gasteiger partial charge in [0.05, 0.1) is 12.7 Å². The molecule has 1 unspecified atom stereocenters. The molecule has 0 radical (unpaired) electrons. The van der Waals surface area contributed by atoms with Crippen LogP contribution in [0.15, 0.2) is 18.2 Å². The van der Waals surface area contributed by atoms with Crippen LogP contribution in [0.2, 0.25) is 0 Å². The lowest BCUT2D eigenvalue weighted by Crippen LogP contribution is -2.42. The van der Waals surface area contributed by atoms with E-state index in [2.05, 4.69) is 0 Å². The summed E-state index contributed by atoms with van der Waals surface area (Å²) in [6, 6.07) is 4.50. The first-order valence-corrected chi connectivity index (χ1v) is 6.37. The lowest BCUT2D eigenvalue weighted by Gasteiger charge is -2.27. The fourth-order valence-electron chi connectivity index (χ4n) is 1.83. The highest BCUT2D eigenvalue weighted by molar-refractivity contribution is 5.99. The van der Waals surface area contributed by atoms with Gasteiger partial charge in [0.1, 0.15) is 12.3 Å². The fourth-order valence-corrected chi connectivity index (χ4v) is 1.83. The van der Waals surface area contributed by atoms with E-state index in [-0.39, 0.29) is 18.5 Å². The summed E-state index contributed by atoms with van der Waals surface area (Å²) in [5, 5.41) is 8.95. The third kappa shape index (κ3) is 3.63. The third-order valence-corrected chi connectivity index (χ3v) is 3.15. The van der Waals surface area contributed by atoms with Crippen LogP contribution in [-0.2, 0) is 4.79 Å². The minimum Gasteiger partial charge on any atom is -0.496 e. The topological polar surface area (TPSA) is 92.9 Å². The predicted molar refractivity (Wildman–Crippen MR) is 75.8 cm³/mol. The van der Waals surface area contributed by atoms with Gasteiger partial charge in [0, 0.05) is 17.8 Å². The SMILES string of the molecule is CCC(C)N(CC(=O)O)C(=O)c1ccc(N)cc1OC.